The number of amides is 1. The summed E-state index contributed by atoms with van der Waals surface area (Å²) in [5.74, 6) is 1.05. The summed E-state index contributed by atoms with van der Waals surface area (Å²) in [4.78, 5) is 23.2. The molecule has 1 heterocycles. The highest BCUT2D eigenvalue weighted by molar-refractivity contribution is 5.93. The quantitative estimate of drug-likeness (QED) is 0.605. The highest BCUT2D eigenvalue weighted by Gasteiger charge is 2.16. The van der Waals surface area contributed by atoms with Crippen LogP contribution in [0.2, 0.25) is 0 Å². The Morgan fingerprint density at radius 1 is 1.03 bits per heavy atom. The van der Waals surface area contributed by atoms with Gasteiger partial charge in [-0.15, -0.1) is 0 Å². The number of rotatable bonds is 8. The number of benzene rings is 2. The van der Waals surface area contributed by atoms with Crippen molar-refractivity contribution in [1.82, 2.24) is 14.9 Å². The van der Waals surface area contributed by atoms with Crippen LogP contribution in [0.15, 0.2) is 67.0 Å². The molecule has 0 bridgehead atoms. The van der Waals surface area contributed by atoms with Gasteiger partial charge in [0, 0.05) is 25.5 Å². The van der Waals surface area contributed by atoms with E-state index in [0.717, 1.165) is 17.0 Å². The average Bonchev–Trinajstić information content (AvgIpc) is 2.74. The van der Waals surface area contributed by atoms with Crippen LogP contribution in [0.1, 0.15) is 36.7 Å². The van der Waals surface area contributed by atoms with Crippen molar-refractivity contribution < 1.29 is 9.53 Å². The van der Waals surface area contributed by atoms with E-state index in [-0.39, 0.29) is 12.0 Å². The molecule has 0 spiro atoms. The second-order valence-corrected chi connectivity index (χ2v) is 6.89. The normalized spacial score (nSPS) is 10.6. The predicted molar refractivity (Wildman–Crippen MR) is 114 cm³/mol. The van der Waals surface area contributed by atoms with Crippen LogP contribution in [0.25, 0.3) is 0 Å². The van der Waals surface area contributed by atoms with Crippen molar-refractivity contribution in [3.05, 3.63) is 78.1 Å². The number of carbonyl (C=O) groups is 1. The standard InChI is InChI=1S/C23H26N4O2/c1-4-27(16-18-10-6-5-7-11-18)22(28)19-14-24-23(25-15-19)26-20-12-8-9-13-21(20)29-17(2)3/h5-15,17H,4,16H2,1-3H3,(H,24,25,26). The molecule has 0 saturated heterocycles. The highest BCUT2D eigenvalue weighted by Crippen LogP contribution is 2.27. The van der Waals surface area contributed by atoms with Gasteiger partial charge in [-0.1, -0.05) is 42.5 Å². The van der Waals surface area contributed by atoms with Gasteiger partial charge < -0.3 is 15.0 Å². The molecule has 29 heavy (non-hydrogen) atoms. The molecule has 3 aromatic rings. The molecule has 0 aliphatic rings. The zero-order valence-corrected chi connectivity index (χ0v) is 17.0. The number of aromatic nitrogens is 2. The van der Waals surface area contributed by atoms with Crippen molar-refractivity contribution in [3.8, 4) is 5.75 Å². The number of ether oxygens (including phenoxy) is 1. The van der Waals surface area contributed by atoms with Gasteiger partial charge in [0.1, 0.15) is 5.75 Å². The van der Waals surface area contributed by atoms with E-state index in [1.807, 2.05) is 75.4 Å². The molecule has 0 radical (unpaired) electrons. The Morgan fingerprint density at radius 2 is 1.69 bits per heavy atom. The van der Waals surface area contributed by atoms with Crippen molar-refractivity contribution in [3.63, 3.8) is 0 Å². The number of hydrogen-bond acceptors (Lipinski definition) is 5. The predicted octanol–water partition coefficient (Wildman–Crippen LogP) is 4.67. The molecule has 0 unspecified atom stereocenters. The Balaban J connectivity index is 1.70. The van der Waals surface area contributed by atoms with Gasteiger partial charge >= 0.3 is 0 Å². The number of nitrogens with one attached hydrogen (secondary N) is 1. The van der Waals surface area contributed by atoms with E-state index in [1.165, 1.54) is 0 Å². The van der Waals surface area contributed by atoms with Gasteiger partial charge in [-0.05, 0) is 38.5 Å². The number of para-hydroxylation sites is 2. The minimum atomic E-state index is -0.0913. The zero-order valence-electron chi connectivity index (χ0n) is 17.0. The molecule has 6 nitrogen and oxygen atoms in total. The summed E-state index contributed by atoms with van der Waals surface area (Å²) in [5, 5.41) is 3.15. The molecule has 2 aromatic carbocycles. The highest BCUT2D eigenvalue weighted by atomic mass is 16.5. The van der Waals surface area contributed by atoms with Crippen LogP contribution in [-0.4, -0.2) is 33.4 Å². The Labute approximate surface area is 171 Å². The van der Waals surface area contributed by atoms with Crippen LogP contribution < -0.4 is 10.1 Å². The van der Waals surface area contributed by atoms with Gasteiger partial charge in [-0.25, -0.2) is 9.97 Å². The topological polar surface area (TPSA) is 67.4 Å². The van der Waals surface area contributed by atoms with Crippen LogP contribution in [0, 0.1) is 0 Å². The monoisotopic (exact) mass is 390 g/mol. The molecule has 0 saturated carbocycles. The lowest BCUT2D eigenvalue weighted by atomic mass is 10.2. The summed E-state index contributed by atoms with van der Waals surface area (Å²) < 4.78 is 5.80. The van der Waals surface area contributed by atoms with Crippen molar-refractivity contribution >= 4 is 17.5 Å². The van der Waals surface area contributed by atoms with Gasteiger partial charge in [0.25, 0.3) is 5.91 Å². The van der Waals surface area contributed by atoms with E-state index in [4.69, 9.17) is 4.74 Å². The van der Waals surface area contributed by atoms with E-state index in [1.54, 1.807) is 17.3 Å². The van der Waals surface area contributed by atoms with Crippen molar-refractivity contribution in [2.24, 2.45) is 0 Å². The van der Waals surface area contributed by atoms with Crippen LogP contribution in [-0.2, 0) is 6.54 Å². The van der Waals surface area contributed by atoms with Crippen LogP contribution in [0.3, 0.4) is 0 Å². The van der Waals surface area contributed by atoms with Gasteiger partial charge in [0.2, 0.25) is 5.95 Å². The van der Waals surface area contributed by atoms with Crippen molar-refractivity contribution in [2.75, 3.05) is 11.9 Å². The van der Waals surface area contributed by atoms with E-state index in [9.17, 15) is 4.79 Å². The molecule has 0 atom stereocenters. The maximum Gasteiger partial charge on any atom is 0.257 e. The number of anilines is 2. The number of nitrogens with zero attached hydrogens (tertiary/aromatic N) is 3. The SMILES string of the molecule is CCN(Cc1ccccc1)C(=O)c1cnc(Nc2ccccc2OC(C)C)nc1. The first kappa shape index (κ1) is 20.3. The first-order chi connectivity index (χ1) is 14.1. The molecule has 1 amide bonds. The van der Waals surface area contributed by atoms with Gasteiger partial charge in [-0.2, -0.15) is 0 Å². The first-order valence-corrected chi connectivity index (χ1v) is 9.74. The van der Waals surface area contributed by atoms with Gasteiger partial charge in [-0.3, -0.25) is 4.79 Å². The number of hydrogen-bond donors (Lipinski definition) is 1. The molecule has 150 valence electrons. The lowest BCUT2D eigenvalue weighted by molar-refractivity contribution is 0.0751. The second-order valence-electron chi connectivity index (χ2n) is 6.89. The smallest absolute Gasteiger partial charge is 0.257 e. The molecule has 0 aliphatic heterocycles. The van der Waals surface area contributed by atoms with E-state index in [2.05, 4.69) is 15.3 Å². The molecular weight excluding hydrogens is 364 g/mol. The summed E-state index contributed by atoms with van der Waals surface area (Å²) >= 11 is 0. The van der Waals surface area contributed by atoms with Crippen molar-refractivity contribution in [1.29, 1.82) is 0 Å². The third-order valence-electron chi connectivity index (χ3n) is 4.28. The minimum Gasteiger partial charge on any atom is -0.489 e. The lowest BCUT2D eigenvalue weighted by Gasteiger charge is -2.21. The summed E-state index contributed by atoms with van der Waals surface area (Å²) in [6.07, 6.45) is 3.16. The van der Waals surface area contributed by atoms with Crippen LogP contribution in [0.4, 0.5) is 11.6 Å². The number of carbonyl (C=O) groups excluding carboxylic acids is 1. The Bertz CT molecular complexity index is 927. The molecule has 0 fully saturated rings. The van der Waals surface area contributed by atoms with Crippen LogP contribution >= 0.6 is 0 Å². The molecule has 6 heteroatoms. The molecule has 1 aromatic heterocycles. The average molecular weight is 390 g/mol. The fourth-order valence-corrected chi connectivity index (χ4v) is 2.86. The maximum atomic E-state index is 12.8. The fraction of sp³-hybridized carbons (Fsp3) is 0.261. The van der Waals surface area contributed by atoms with E-state index in [0.29, 0.717) is 24.6 Å². The minimum absolute atomic E-state index is 0.0588. The summed E-state index contributed by atoms with van der Waals surface area (Å²) in [6.45, 7) is 7.07. The maximum absolute atomic E-state index is 12.8. The van der Waals surface area contributed by atoms with Gasteiger partial charge in [0.05, 0.1) is 17.4 Å². The second kappa shape index (κ2) is 9.68. The molecule has 0 aliphatic carbocycles. The summed E-state index contributed by atoms with van der Waals surface area (Å²) in [6, 6.07) is 17.5. The molecule has 3 rings (SSSR count). The Hall–Kier alpha value is -3.41. The fourth-order valence-electron chi connectivity index (χ4n) is 2.86. The van der Waals surface area contributed by atoms with Crippen molar-refractivity contribution in [2.45, 2.75) is 33.4 Å². The third-order valence-corrected chi connectivity index (χ3v) is 4.28. The lowest BCUT2D eigenvalue weighted by Crippen LogP contribution is -2.30. The van der Waals surface area contributed by atoms with Gasteiger partial charge in [0.15, 0.2) is 0 Å². The Morgan fingerprint density at radius 3 is 2.34 bits per heavy atom. The summed E-state index contributed by atoms with van der Waals surface area (Å²) in [7, 11) is 0. The Kier molecular flexibility index (Phi) is 6.79. The van der Waals surface area contributed by atoms with E-state index >= 15 is 0 Å². The van der Waals surface area contributed by atoms with E-state index < -0.39 is 0 Å². The summed E-state index contributed by atoms with van der Waals surface area (Å²) in [5.41, 5.74) is 2.32. The first-order valence-electron chi connectivity index (χ1n) is 9.74. The third kappa shape index (κ3) is 5.54. The largest absolute Gasteiger partial charge is 0.489 e. The molecule has 1 N–H and O–H groups in total. The zero-order chi connectivity index (χ0) is 20.6. The van der Waals surface area contributed by atoms with Crippen LogP contribution in [0.5, 0.6) is 5.75 Å². The molecular formula is C23H26N4O2.